The molecule has 0 atom stereocenters. The third-order valence-electron chi connectivity index (χ3n) is 3.74. The molecule has 4 heteroatoms. The quantitative estimate of drug-likeness (QED) is 0.888. The lowest BCUT2D eigenvalue weighted by Gasteiger charge is -2.37. The Morgan fingerprint density at radius 2 is 2.00 bits per heavy atom. The predicted octanol–water partition coefficient (Wildman–Crippen LogP) is 3.73. The molecule has 1 aromatic rings. The molecule has 100 valence electrons. The van der Waals surface area contributed by atoms with Crippen LogP contribution in [0.2, 0.25) is 10.0 Å². The number of hydrogen-bond donors (Lipinski definition) is 2. The van der Waals surface area contributed by atoms with Crippen molar-refractivity contribution in [1.29, 1.82) is 0 Å². The van der Waals surface area contributed by atoms with Crippen molar-refractivity contribution < 1.29 is 5.11 Å². The van der Waals surface area contributed by atoms with Crippen LogP contribution in [0.3, 0.4) is 0 Å². The molecule has 0 bridgehead atoms. The minimum Gasteiger partial charge on any atom is -0.385 e. The van der Waals surface area contributed by atoms with E-state index in [1.54, 1.807) is 18.2 Å². The summed E-state index contributed by atoms with van der Waals surface area (Å²) >= 11 is 12.2. The van der Waals surface area contributed by atoms with Crippen LogP contribution >= 0.6 is 23.2 Å². The number of halogens is 2. The number of nitrogens with one attached hydrogen (secondary N) is 1. The van der Waals surface area contributed by atoms with Crippen molar-refractivity contribution in [3.05, 3.63) is 33.8 Å². The first-order valence-corrected chi connectivity index (χ1v) is 7.22. The summed E-state index contributed by atoms with van der Waals surface area (Å²) in [6.07, 6.45) is 3.38. The average molecular weight is 288 g/mol. The van der Waals surface area contributed by atoms with Crippen LogP contribution in [0.15, 0.2) is 18.2 Å². The first kappa shape index (κ1) is 14.1. The third kappa shape index (κ3) is 3.00. The monoisotopic (exact) mass is 287 g/mol. The maximum absolute atomic E-state index is 10.8. The lowest BCUT2D eigenvalue weighted by atomic mass is 9.77. The number of hydrogen-bond acceptors (Lipinski definition) is 2. The Balaban J connectivity index is 2.15. The predicted molar refractivity (Wildman–Crippen MR) is 76.3 cm³/mol. The summed E-state index contributed by atoms with van der Waals surface area (Å²) in [6.45, 7) is 3.08. The maximum atomic E-state index is 10.8. The van der Waals surface area contributed by atoms with Crippen molar-refractivity contribution in [1.82, 2.24) is 5.32 Å². The molecule has 1 aliphatic carbocycles. The summed E-state index contributed by atoms with van der Waals surface area (Å²) in [5.41, 5.74) is -0.0555. The molecule has 1 fully saturated rings. The van der Waals surface area contributed by atoms with E-state index >= 15 is 0 Å². The van der Waals surface area contributed by atoms with Crippen LogP contribution in [0.1, 0.15) is 38.2 Å². The van der Waals surface area contributed by atoms with Gasteiger partial charge in [-0.15, -0.1) is 0 Å². The van der Waals surface area contributed by atoms with Gasteiger partial charge in [-0.3, -0.25) is 0 Å². The molecule has 1 saturated carbocycles. The summed E-state index contributed by atoms with van der Waals surface area (Å²) < 4.78 is 0. The van der Waals surface area contributed by atoms with Crippen LogP contribution in [0.25, 0.3) is 0 Å². The Bertz CT molecular complexity index is 414. The molecular weight excluding hydrogens is 269 g/mol. The van der Waals surface area contributed by atoms with E-state index in [1.165, 1.54) is 0 Å². The molecule has 18 heavy (non-hydrogen) atoms. The normalized spacial score (nSPS) is 28.3. The van der Waals surface area contributed by atoms with Crippen LogP contribution < -0.4 is 5.32 Å². The Morgan fingerprint density at radius 3 is 2.61 bits per heavy atom. The number of benzene rings is 1. The summed E-state index contributed by atoms with van der Waals surface area (Å²) in [6, 6.07) is 5.81. The smallest absolute Gasteiger partial charge is 0.0912 e. The van der Waals surface area contributed by atoms with E-state index in [4.69, 9.17) is 23.2 Å². The van der Waals surface area contributed by atoms with Crippen LogP contribution in [0, 0.1) is 0 Å². The molecule has 0 saturated heterocycles. The van der Waals surface area contributed by atoms with Crippen molar-refractivity contribution >= 4 is 23.2 Å². The van der Waals surface area contributed by atoms with Gasteiger partial charge in [0.25, 0.3) is 0 Å². The van der Waals surface area contributed by atoms with Gasteiger partial charge in [0.2, 0.25) is 0 Å². The number of rotatable bonds is 3. The highest BCUT2D eigenvalue weighted by molar-refractivity contribution is 6.33. The highest BCUT2D eigenvalue weighted by atomic mass is 35.5. The first-order valence-electron chi connectivity index (χ1n) is 6.46. The fraction of sp³-hybridized carbons (Fsp3) is 0.571. The second-order valence-electron chi connectivity index (χ2n) is 4.99. The molecule has 2 N–H and O–H groups in total. The highest BCUT2D eigenvalue weighted by Gasteiger charge is 2.36. The second-order valence-corrected chi connectivity index (χ2v) is 5.83. The van der Waals surface area contributed by atoms with Gasteiger partial charge in [0.1, 0.15) is 0 Å². The minimum absolute atomic E-state index is 0.508. The van der Waals surface area contributed by atoms with Gasteiger partial charge in [0.15, 0.2) is 0 Å². The molecule has 2 nitrogen and oxygen atoms in total. The molecule has 1 aliphatic rings. The third-order valence-corrected chi connectivity index (χ3v) is 4.30. The van der Waals surface area contributed by atoms with Crippen LogP contribution in [-0.4, -0.2) is 17.7 Å². The SMILES string of the molecule is CCNC1CCC(O)(c2cc(Cl)ccc2Cl)CC1. The van der Waals surface area contributed by atoms with Gasteiger partial charge in [-0.25, -0.2) is 0 Å². The Labute approximate surface area is 118 Å². The van der Waals surface area contributed by atoms with E-state index in [2.05, 4.69) is 12.2 Å². The first-order chi connectivity index (χ1) is 8.55. The molecule has 1 aromatic carbocycles. The van der Waals surface area contributed by atoms with Gasteiger partial charge in [0.05, 0.1) is 5.60 Å². The molecule has 2 rings (SSSR count). The summed E-state index contributed by atoms with van der Waals surface area (Å²) in [5, 5.41) is 15.4. The largest absolute Gasteiger partial charge is 0.385 e. The fourth-order valence-corrected chi connectivity index (χ4v) is 3.18. The van der Waals surface area contributed by atoms with Gasteiger partial charge < -0.3 is 10.4 Å². The molecule has 0 heterocycles. The second kappa shape index (κ2) is 5.79. The van der Waals surface area contributed by atoms with Crippen molar-refractivity contribution in [3.63, 3.8) is 0 Å². The van der Waals surface area contributed by atoms with E-state index in [-0.39, 0.29) is 0 Å². The van der Waals surface area contributed by atoms with E-state index in [0.29, 0.717) is 16.1 Å². The Kier molecular flexibility index (Phi) is 4.54. The summed E-state index contributed by atoms with van der Waals surface area (Å²) in [5.74, 6) is 0. The van der Waals surface area contributed by atoms with E-state index in [1.807, 2.05) is 0 Å². The highest BCUT2D eigenvalue weighted by Crippen LogP contribution is 2.41. The van der Waals surface area contributed by atoms with Crippen LogP contribution in [0.5, 0.6) is 0 Å². The van der Waals surface area contributed by atoms with Crippen molar-refractivity contribution in [2.45, 2.75) is 44.2 Å². The van der Waals surface area contributed by atoms with Gasteiger partial charge in [-0.05, 0) is 50.4 Å². The minimum atomic E-state index is -0.825. The number of aliphatic hydroxyl groups is 1. The van der Waals surface area contributed by atoms with Gasteiger partial charge in [-0.1, -0.05) is 30.1 Å². The van der Waals surface area contributed by atoms with E-state index in [9.17, 15) is 5.11 Å². The van der Waals surface area contributed by atoms with Crippen LogP contribution in [0.4, 0.5) is 0 Å². The van der Waals surface area contributed by atoms with Crippen molar-refractivity contribution in [2.24, 2.45) is 0 Å². The summed E-state index contributed by atoms with van der Waals surface area (Å²) in [4.78, 5) is 0. The van der Waals surface area contributed by atoms with Crippen molar-refractivity contribution in [3.8, 4) is 0 Å². The zero-order chi connectivity index (χ0) is 13.2. The fourth-order valence-electron chi connectivity index (χ4n) is 2.71. The van der Waals surface area contributed by atoms with Gasteiger partial charge in [-0.2, -0.15) is 0 Å². The Hall–Kier alpha value is -0.280. The standard InChI is InChI=1S/C14H19Cl2NO/c1-2-17-11-5-7-14(18,8-6-11)12-9-10(15)3-4-13(12)16/h3-4,9,11,17-18H,2,5-8H2,1H3. The van der Waals surface area contributed by atoms with Crippen LogP contribution in [-0.2, 0) is 5.60 Å². The maximum Gasteiger partial charge on any atom is 0.0912 e. The molecular formula is C14H19Cl2NO. The topological polar surface area (TPSA) is 32.3 Å². The van der Waals surface area contributed by atoms with E-state index in [0.717, 1.165) is 37.8 Å². The zero-order valence-electron chi connectivity index (χ0n) is 10.5. The van der Waals surface area contributed by atoms with E-state index < -0.39 is 5.60 Å². The van der Waals surface area contributed by atoms with Gasteiger partial charge >= 0.3 is 0 Å². The lowest BCUT2D eigenvalue weighted by Crippen LogP contribution is -2.39. The summed E-state index contributed by atoms with van der Waals surface area (Å²) in [7, 11) is 0. The molecule has 0 unspecified atom stereocenters. The Morgan fingerprint density at radius 1 is 1.33 bits per heavy atom. The molecule has 0 aromatic heterocycles. The van der Waals surface area contributed by atoms with Gasteiger partial charge in [0, 0.05) is 21.7 Å². The molecule has 0 aliphatic heterocycles. The molecule has 0 amide bonds. The molecule has 0 radical (unpaired) electrons. The zero-order valence-corrected chi connectivity index (χ0v) is 12.1. The van der Waals surface area contributed by atoms with Crippen molar-refractivity contribution in [2.75, 3.05) is 6.54 Å². The molecule has 0 spiro atoms. The average Bonchev–Trinajstić information content (AvgIpc) is 2.36. The lowest BCUT2D eigenvalue weighted by molar-refractivity contribution is -0.00804.